The lowest BCUT2D eigenvalue weighted by Gasteiger charge is -2.07. The SMILES string of the molecule is OCCOCCNc1cc(Cl)ccc1F. The van der Waals surface area contributed by atoms with E-state index in [4.69, 9.17) is 21.4 Å². The molecule has 2 N–H and O–H groups in total. The predicted octanol–water partition coefficient (Wildman–Crippen LogP) is 1.90. The topological polar surface area (TPSA) is 41.5 Å². The van der Waals surface area contributed by atoms with Crippen LogP contribution >= 0.6 is 11.6 Å². The first kappa shape index (κ1) is 12.2. The van der Waals surface area contributed by atoms with Crippen molar-refractivity contribution in [3.05, 3.63) is 29.0 Å². The van der Waals surface area contributed by atoms with Gasteiger partial charge in [0.2, 0.25) is 0 Å². The lowest BCUT2D eigenvalue weighted by Crippen LogP contribution is -2.12. The van der Waals surface area contributed by atoms with Crippen molar-refractivity contribution >= 4 is 17.3 Å². The van der Waals surface area contributed by atoms with Crippen LogP contribution in [-0.2, 0) is 4.74 Å². The number of ether oxygens (including phenoxy) is 1. The van der Waals surface area contributed by atoms with Gasteiger partial charge in [-0.3, -0.25) is 0 Å². The van der Waals surface area contributed by atoms with E-state index in [1.807, 2.05) is 0 Å². The van der Waals surface area contributed by atoms with E-state index < -0.39 is 0 Å². The first-order chi connectivity index (χ1) is 7.24. The van der Waals surface area contributed by atoms with Crippen molar-refractivity contribution in [3.63, 3.8) is 0 Å². The molecular weight excluding hydrogens is 221 g/mol. The zero-order chi connectivity index (χ0) is 11.1. The number of halogens is 2. The molecule has 84 valence electrons. The standard InChI is InChI=1S/C10H13ClFNO2/c11-8-1-2-9(12)10(7-8)13-3-5-15-6-4-14/h1-2,7,13-14H,3-6H2. The summed E-state index contributed by atoms with van der Waals surface area (Å²) in [6.07, 6.45) is 0. The normalized spacial score (nSPS) is 10.3. The molecule has 0 unspecified atom stereocenters. The maximum absolute atomic E-state index is 13.1. The molecule has 0 radical (unpaired) electrons. The summed E-state index contributed by atoms with van der Waals surface area (Å²) >= 11 is 5.71. The molecule has 1 rings (SSSR count). The van der Waals surface area contributed by atoms with Gasteiger partial charge in [0.05, 0.1) is 25.5 Å². The van der Waals surface area contributed by atoms with E-state index in [1.54, 1.807) is 0 Å². The molecule has 0 bridgehead atoms. The molecule has 0 spiro atoms. The molecule has 0 aliphatic heterocycles. The third-order valence-corrected chi connectivity index (χ3v) is 1.96. The average molecular weight is 234 g/mol. The van der Waals surface area contributed by atoms with Crippen molar-refractivity contribution in [1.82, 2.24) is 0 Å². The summed E-state index contributed by atoms with van der Waals surface area (Å²) in [7, 11) is 0. The molecule has 3 nitrogen and oxygen atoms in total. The van der Waals surface area contributed by atoms with E-state index in [1.165, 1.54) is 18.2 Å². The second kappa shape index (κ2) is 6.61. The van der Waals surface area contributed by atoms with E-state index in [2.05, 4.69) is 5.32 Å². The number of hydrogen-bond acceptors (Lipinski definition) is 3. The zero-order valence-corrected chi connectivity index (χ0v) is 8.93. The van der Waals surface area contributed by atoms with E-state index in [0.29, 0.717) is 30.5 Å². The monoisotopic (exact) mass is 233 g/mol. The Balaban J connectivity index is 2.33. The molecule has 0 fully saturated rings. The fourth-order valence-electron chi connectivity index (χ4n) is 1.06. The predicted molar refractivity (Wildman–Crippen MR) is 57.8 cm³/mol. The molecule has 0 atom stereocenters. The van der Waals surface area contributed by atoms with Gasteiger partial charge in [-0.15, -0.1) is 0 Å². The Morgan fingerprint density at radius 2 is 2.20 bits per heavy atom. The van der Waals surface area contributed by atoms with Crippen molar-refractivity contribution in [2.45, 2.75) is 0 Å². The first-order valence-corrected chi connectivity index (χ1v) is 4.99. The minimum absolute atomic E-state index is 0.00841. The van der Waals surface area contributed by atoms with Crippen molar-refractivity contribution in [3.8, 4) is 0 Å². The Morgan fingerprint density at radius 1 is 1.40 bits per heavy atom. The molecular formula is C10H13ClFNO2. The van der Waals surface area contributed by atoms with Crippen LogP contribution in [-0.4, -0.2) is 31.5 Å². The number of rotatable bonds is 6. The van der Waals surface area contributed by atoms with Crippen LogP contribution in [0.25, 0.3) is 0 Å². The molecule has 0 aromatic heterocycles. The van der Waals surface area contributed by atoms with E-state index >= 15 is 0 Å². The summed E-state index contributed by atoms with van der Waals surface area (Å²) in [4.78, 5) is 0. The molecule has 0 amide bonds. The molecule has 0 heterocycles. The minimum atomic E-state index is -0.346. The molecule has 5 heteroatoms. The smallest absolute Gasteiger partial charge is 0.146 e. The Morgan fingerprint density at radius 3 is 2.93 bits per heavy atom. The van der Waals surface area contributed by atoms with Gasteiger partial charge < -0.3 is 15.2 Å². The summed E-state index contributed by atoms with van der Waals surface area (Å²) < 4.78 is 18.1. The van der Waals surface area contributed by atoms with Gasteiger partial charge in [0.25, 0.3) is 0 Å². The second-order valence-electron chi connectivity index (χ2n) is 2.89. The molecule has 0 aliphatic rings. The number of anilines is 1. The summed E-state index contributed by atoms with van der Waals surface area (Å²) in [5, 5.41) is 11.8. The van der Waals surface area contributed by atoms with Crippen LogP contribution in [0.4, 0.5) is 10.1 Å². The number of aliphatic hydroxyl groups excluding tert-OH is 1. The Labute approximate surface area is 92.8 Å². The van der Waals surface area contributed by atoms with Gasteiger partial charge in [-0.2, -0.15) is 0 Å². The first-order valence-electron chi connectivity index (χ1n) is 4.61. The number of benzene rings is 1. The number of nitrogens with one attached hydrogen (secondary N) is 1. The van der Waals surface area contributed by atoms with E-state index in [9.17, 15) is 4.39 Å². The van der Waals surface area contributed by atoms with Gasteiger partial charge in [-0.05, 0) is 18.2 Å². The molecule has 1 aromatic carbocycles. The van der Waals surface area contributed by atoms with Crippen molar-refractivity contribution in [2.75, 3.05) is 31.7 Å². The molecule has 0 saturated heterocycles. The Kier molecular flexibility index (Phi) is 5.39. The largest absolute Gasteiger partial charge is 0.394 e. The quantitative estimate of drug-likeness (QED) is 0.738. The van der Waals surface area contributed by atoms with Crippen LogP contribution in [0.15, 0.2) is 18.2 Å². The fourth-order valence-corrected chi connectivity index (χ4v) is 1.23. The molecule has 0 saturated carbocycles. The van der Waals surface area contributed by atoms with Gasteiger partial charge >= 0.3 is 0 Å². The zero-order valence-electron chi connectivity index (χ0n) is 8.17. The van der Waals surface area contributed by atoms with Gasteiger partial charge in [0.15, 0.2) is 0 Å². The highest BCUT2D eigenvalue weighted by atomic mass is 35.5. The fraction of sp³-hybridized carbons (Fsp3) is 0.400. The van der Waals surface area contributed by atoms with Crippen LogP contribution in [0.2, 0.25) is 5.02 Å². The minimum Gasteiger partial charge on any atom is -0.394 e. The second-order valence-corrected chi connectivity index (χ2v) is 3.32. The van der Waals surface area contributed by atoms with Gasteiger partial charge in [-0.1, -0.05) is 11.6 Å². The van der Waals surface area contributed by atoms with Gasteiger partial charge in [0, 0.05) is 11.6 Å². The van der Waals surface area contributed by atoms with Crippen LogP contribution < -0.4 is 5.32 Å². The van der Waals surface area contributed by atoms with Crippen molar-refractivity contribution < 1.29 is 14.2 Å². The summed E-state index contributed by atoms with van der Waals surface area (Å²) in [5.41, 5.74) is 0.357. The molecule has 15 heavy (non-hydrogen) atoms. The van der Waals surface area contributed by atoms with Gasteiger partial charge in [0.1, 0.15) is 5.82 Å². The van der Waals surface area contributed by atoms with E-state index in [0.717, 1.165) is 0 Å². The van der Waals surface area contributed by atoms with Crippen molar-refractivity contribution in [2.24, 2.45) is 0 Å². The van der Waals surface area contributed by atoms with Crippen LogP contribution in [0, 0.1) is 5.82 Å². The van der Waals surface area contributed by atoms with Crippen LogP contribution in [0.1, 0.15) is 0 Å². The average Bonchev–Trinajstić information content (AvgIpc) is 2.23. The van der Waals surface area contributed by atoms with Crippen LogP contribution in [0.3, 0.4) is 0 Å². The highest BCUT2D eigenvalue weighted by Gasteiger charge is 2.01. The highest BCUT2D eigenvalue weighted by molar-refractivity contribution is 6.30. The maximum Gasteiger partial charge on any atom is 0.146 e. The number of hydrogen-bond donors (Lipinski definition) is 2. The lowest BCUT2D eigenvalue weighted by atomic mass is 10.3. The Hall–Kier alpha value is -0.840. The molecule has 0 aliphatic carbocycles. The third kappa shape index (κ3) is 4.46. The summed E-state index contributed by atoms with van der Waals surface area (Å²) in [6.45, 7) is 1.16. The highest BCUT2D eigenvalue weighted by Crippen LogP contribution is 2.18. The Bertz CT molecular complexity index is 309. The summed E-state index contributed by atoms with van der Waals surface area (Å²) in [6, 6.07) is 4.31. The third-order valence-electron chi connectivity index (χ3n) is 1.73. The van der Waals surface area contributed by atoms with Gasteiger partial charge in [-0.25, -0.2) is 4.39 Å². The number of aliphatic hydroxyl groups is 1. The summed E-state index contributed by atoms with van der Waals surface area (Å²) in [5.74, 6) is -0.346. The lowest BCUT2D eigenvalue weighted by molar-refractivity contribution is 0.0992. The van der Waals surface area contributed by atoms with Crippen LogP contribution in [0.5, 0.6) is 0 Å². The van der Waals surface area contributed by atoms with Crippen molar-refractivity contribution in [1.29, 1.82) is 0 Å². The maximum atomic E-state index is 13.1. The van der Waals surface area contributed by atoms with E-state index in [-0.39, 0.29) is 12.4 Å². The molecule has 1 aromatic rings.